The molecule has 36 heavy (non-hydrogen) atoms. The molecule has 1 aromatic carbocycles. The van der Waals surface area contributed by atoms with E-state index < -0.39 is 0 Å². The van der Waals surface area contributed by atoms with Crippen molar-refractivity contribution in [3.05, 3.63) is 70.1 Å². The summed E-state index contributed by atoms with van der Waals surface area (Å²) >= 11 is 3.84. The van der Waals surface area contributed by atoms with Crippen molar-refractivity contribution in [2.24, 2.45) is 0 Å². The zero-order valence-electron chi connectivity index (χ0n) is 20.2. The molecule has 0 radical (unpaired) electrons. The monoisotopic (exact) mass is 548 g/mol. The molecule has 5 rings (SSSR count). The van der Waals surface area contributed by atoms with Gasteiger partial charge in [-0.15, -0.1) is 10.2 Å². The third-order valence-electron chi connectivity index (χ3n) is 6.13. The summed E-state index contributed by atoms with van der Waals surface area (Å²) in [6, 6.07) is 9.86. The summed E-state index contributed by atoms with van der Waals surface area (Å²) in [5, 5.41) is 14.7. The van der Waals surface area contributed by atoms with E-state index in [1.165, 1.54) is 0 Å². The molecule has 0 fully saturated rings. The van der Waals surface area contributed by atoms with Crippen molar-refractivity contribution in [1.82, 2.24) is 30.2 Å². The number of hydrogen-bond donors (Lipinski definition) is 1. The Morgan fingerprint density at radius 2 is 1.94 bits per heavy atom. The van der Waals surface area contributed by atoms with Crippen LogP contribution in [0.1, 0.15) is 47.8 Å². The van der Waals surface area contributed by atoms with Crippen LogP contribution in [0.5, 0.6) is 0 Å². The fourth-order valence-corrected chi connectivity index (χ4v) is 5.41. The number of imidazole rings is 1. The summed E-state index contributed by atoms with van der Waals surface area (Å²) in [7, 11) is 0. The van der Waals surface area contributed by atoms with Gasteiger partial charge in [0.15, 0.2) is 5.69 Å². The van der Waals surface area contributed by atoms with E-state index in [0.29, 0.717) is 30.4 Å². The lowest BCUT2D eigenvalue weighted by Gasteiger charge is -2.15. The molecular formula is C26H25BrN6O3. The molecule has 0 saturated heterocycles. The second kappa shape index (κ2) is 10.1. The van der Waals surface area contributed by atoms with Gasteiger partial charge >= 0.3 is 5.97 Å². The van der Waals surface area contributed by atoms with Crippen LogP contribution in [0.4, 0.5) is 0 Å². The topological polar surface area (TPSA) is 112 Å². The predicted octanol–water partition coefficient (Wildman–Crippen LogP) is 5.68. The highest BCUT2D eigenvalue weighted by atomic mass is 79.9. The summed E-state index contributed by atoms with van der Waals surface area (Å²) in [4.78, 5) is 17.7. The van der Waals surface area contributed by atoms with Crippen LogP contribution < -0.4 is 0 Å². The fourth-order valence-electron chi connectivity index (χ4n) is 4.65. The lowest BCUT2D eigenvalue weighted by atomic mass is 9.97. The smallest absolute Gasteiger partial charge is 0.356 e. The van der Waals surface area contributed by atoms with Crippen molar-refractivity contribution in [3.8, 4) is 33.6 Å². The molecule has 0 spiro atoms. The molecule has 0 amide bonds. The summed E-state index contributed by atoms with van der Waals surface area (Å²) in [5.74, 6) is 0.973. The van der Waals surface area contributed by atoms with Crippen LogP contribution in [0.25, 0.3) is 33.6 Å². The number of fused-ring (bicyclic) bond motifs is 1. The first kappa shape index (κ1) is 23.9. The number of aromatic amines is 1. The number of carbonyl (C=O) groups excluding carboxylic acids is 1. The molecule has 10 heteroatoms. The number of benzene rings is 1. The molecule has 3 aromatic rings. The molecule has 0 unspecified atom stereocenters. The summed E-state index contributed by atoms with van der Waals surface area (Å²) in [6.07, 6.45) is 5.02. The molecular weight excluding hydrogens is 524 g/mol. The van der Waals surface area contributed by atoms with Crippen LogP contribution in [0.15, 0.2) is 51.7 Å². The molecule has 0 bridgehead atoms. The highest BCUT2D eigenvalue weighted by Gasteiger charge is 2.29. The molecule has 1 aliphatic heterocycles. The van der Waals surface area contributed by atoms with Crippen molar-refractivity contribution >= 4 is 21.9 Å². The number of carbonyl (C=O) groups is 1. The van der Waals surface area contributed by atoms with Crippen molar-refractivity contribution in [2.45, 2.75) is 40.2 Å². The Hall–Kier alpha value is -3.79. The van der Waals surface area contributed by atoms with Crippen molar-refractivity contribution < 1.29 is 13.9 Å². The SMILES string of the molecule is CCCc1nc(C)c(C(=O)OCC)n1Cc1c2ccocc-2c(Br)c1-c1ccccc1-c1nn[nH]n1. The van der Waals surface area contributed by atoms with Gasteiger partial charge in [0, 0.05) is 27.6 Å². The number of esters is 1. The summed E-state index contributed by atoms with van der Waals surface area (Å²) < 4.78 is 13.8. The molecule has 9 nitrogen and oxygen atoms in total. The number of nitrogens with zero attached hydrogens (tertiary/aromatic N) is 5. The minimum atomic E-state index is -0.372. The number of aromatic nitrogens is 6. The van der Waals surface area contributed by atoms with Crippen molar-refractivity contribution in [2.75, 3.05) is 6.61 Å². The molecule has 2 aliphatic rings. The molecule has 3 heterocycles. The number of rotatable bonds is 8. The second-order valence-electron chi connectivity index (χ2n) is 8.35. The molecule has 184 valence electrons. The number of ether oxygens (including phenoxy) is 1. The Kier molecular flexibility index (Phi) is 6.69. The van der Waals surface area contributed by atoms with Gasteiger partial charge in [-0.1, -0.05) is 31.2 Å². The van der Waals surface area contributed by atoms with Gasteiger partial charge in [-0.05, 0) is 64.2 Å². The van der Waals surface area contributed by atoms with Gasteiger partial charge in [-0.2, -0.15) is 5.21 Å². The summed E-state index contributed by atoms with van der Waals surface area (Å²) in [5.41, 5.74) is 6.83. The van der Waals surface area contributed by atoms with E-state index >= 15 is 0 Å². The van der Waals surface area contributed by atoms with Gasteiger partial charge in [0.05, 0.1) is 31.4 Å². The van der Waals surface area contributed by atoms with Gasteiger partial charge in [-0.25, -0.2) is 9.78 Å². The molecule has 0 atom stereocenters. The zero-order valence-corrected chi connectivity index (χ0v) is 21.8. The Morgan fingerprint density at radius 1 is 1.14 bits per heavy atom. The lowest BCUT2D eigenvalue weighted by molar-refractivity contribution is 0.0513. The van der Waals surface area contributed by atoms with E-state index in [2.05, 4.69) is 43.5 Å². The van der Waals surface area contributed by atoms with Crippen LogP contribution in [0.3, 0.4) is 0 Å². The number of tetrazole rings is 1. The number of aryl methyl sites for hydroxylation is 2. The normalized spacial score (nSPS) is 11.3. The van der Waals surface area contributed by atoms with Gasteiger partial charge < -0.3 is 13.7 Å². The Balaban J connectivity index is 1.76. The van der Waals surface area contributed by atoms with E-state index in [-0.39, 0.29) is 5.97 Å². The number of H-pyrrole nitrogens is 1. The third kappa shape index (κ3) is 4.11. The highest BCUT2D eigenvalue weighted by molar-refractivity contribution is 9.10. The number of hydrogen-bond acceptors (Lipinski definition) is 7. The first-order chi connectivity index (χ1) is 17.5. The molecule has 1 aliphatic carbocycles. The van der Waals surface area contributed by atoms with Crippen molar-refractivity contribution in [1.29, 1.82) is 0 Å². The Morgan fingerprint density at radius 3 is 2.67 bits per heavy atom. The maximum absolute atomic E-state index is 13.0. The third-order valence-corrected chi connectivity index (χ3v) is 6.96. The maximum Gasteiger partial charge on any atom is 0.356 e. The van der Waals surface area contributed by atoms with E-state index in [1.807, 2.05) is 41.8 Å². The minimum absolute atomic E-state index is 0.294. The fraction of sp³-hybridized carbons (Fsp3) is 0.269. The Bertz CT molecular complexity index is 1490. The van der Waals surface area contributed by atoms with Gasteiger partial charge in [0.2, 0.25) is 5.82 Å². The van der Waals surface area contributed by atoms with Crippen LogP contribution in [-0.4, -0.2) is 42.8 Å². The first-order valence-electron chi connectivity index (χ1n) is 11.8. The Labute approximate surface area is 216 Å². The average molecular weight is 549 g/mol. The van der Waals surface area contributed by atoms with Gasteiger partial charge in [-0.3, -0.25) is 0 Å². The van der Waals surface area contributed by atoms with Crippen LogP contribution in [0.2, 0.25) is 0 Å². The van der Waals surface area contributed by atoms with Gasteiger partial charge in [0.1, 0.15) is 5.82 Å². The summed E-state index contributed by atoms with van der Waals surface area (Å²) in [6.45, 7) is 6.47. The lowest BCUT2D eigenvalue weighted by Crippen LogP contribution is -2.16. The van der Waals surface area contributed by atoms with Crippen LogP contribution in [0, 0.1) is 6.92 Å². The number of halogens is 1. The maximum atomic E-state index is 13.0. The first-order valence-corrected chi connectivity index (χ1v) is 12.6. The largest absolute Gasteiger partial charge is 0.472 e. The van der Waals surface area contributed by atoms with Crippen LogP contribution >= 0.6 is 15.9 Å². The second-order valence-corrected chi connectivity index (χ2v) is 9.14. The average Bonchev–Trinajstić information content (AvgIpc) is 3.58. The van der Waals surface area contributed by atoms with E-state index in [1.54, 1.807) is 19.5 Å². The molecule has 0 saturated carbocycles. The number of nitrogens with one attached hydrogen (secondary N) is 1. The minimum Gasteiger partial charge on any atom is -0.472 e. The van der Waals surface area contributed by atoms with Crippen molar-refractivity contribution in [3.63, 3.8) is 0 Å². The quantitative estimate of drug-likeness (QED) is 0.248. The zero-order chi connectivity index (χ0) is 25.2. The predicted molar refractivity (Wildman–Crippen MR) is 138 cm³/mol. The van der Waals surface area contributed by atoms with E-state index in [9.17, 15) is 4.79 Å². The van der Waals surface area contributed by atoms with E-state index in [0.717, 1.165) is 56.5 Å². The molecule has 1 N–H and O–H groups in total. The highest BCUT2D eigenvalue weighted by Crippen LogP contribution is 2.48. The standard InChI is InChI=1S/C26H25BrN6O3/c1-4-8-21-28-15(3)24(26(34)36-5-2)33(21)13-19-16-11-12-35-14-20(16)23(27)22(19)17-9-6-7-10-18(17)25-29-31-32-30-25/h6-7,9-12,14H,4-5,8,13H2,1-3H3,(H,29,30,31,32). The van der Waals surface area contributed by atoms with Gasteiger partial charge in [0.25, 0.3) is 0 Å². The molecule has 2 aromatic heterocycles. The van der Waals surface area contributed by atoms with E-state index in [4.69, 9.17) is 14.1 Å². The van der Waals surface area contributed by atoms with Crippen LogP contribution in [-0.2, 0) is 17.7 Å².